The summed E-state index contributed by atoms with van der Waals surface area (Å²) in [7, 11) is 0. The van der Waals surface area contributed by atoms with Gasteiger partial charge in [0.1, 0.15) is 16.9 Å². The van der Waals surface area contributed by atoms with Crippen LogP contribution in [-0.2, 0) is 12.8 Å². The number of thiophene rings is 1. The summed E-state index contributed by atoms with van der Waals surface area (Å²) in [5, 5.41) is 8.11. The molecular formula is C23H18Cl2N2O3S. The maximum atomic E-state index is 12.8. The lowest BCUT2D eigenvalue weighted by Gasteiger charge is -2.27. The van der Waals surface area contributed by atoms with Crippen molar-refractivity contribution >= 4 is 51.4 Å². The molecule has 5 nitrogen and oxygen atoms in total. The number of carbonyl (C=O) groups is 2. The van der Waals surface area contributed by atoms with E-state index in [1.807, 2.05) is 12.1 Å². The Kier molecular flexibility index (Phi) is 5.38. The van der Waals surface area contributed by atoms with Crippen molar-refractivity contribution in [1.29, 1.82) is 0 Å². The van der Waals surface area contributed by atoms with Gasteiger partial charge in [0.05, 0.1) is 16.1 Å². The number of aryl methyl sites for hydroxylation is 1. The molecule has 2 aromatic carbocycles. The summed E-state index contributed by atoms with van der Waals surface area (Å²) in [6.45, 7) is 0. The molecule has 2 N–H and O–H groups in total. The first-order valence-corrected chi connectivity index (χ1v) is 11.6. The first-order chi connectivity index (χ1) is 15.0. The fourth-order valence-corrected chi connectivity index (χ4v) is 5.79. The third-order valence-corrected chi connectivity index (χ3v) is 7.30. The first kappa shape index (κ1) is 20.4. The number of hydrogen-bond donors (Lipinski definition) is 2. The molecule has 0 saturated carbocycles. The van der Waals surface area contributed by atoms with Crippen LogP contribution in [-0.4, -0.2) is 11.9 Å². The van der Waals surface area contributed by atoms with Crippen molar-refractivity contribution in [3.05, 3.63) is 79.6 Å². The zero-order valence-electron chi connectivity index (χ0n) is 16.3. The van der Waals surface area contributed by atoms with Crippen molar-refractivity contribution < 1.29 is 14.3 Å². The van der Waals surface area contributed by atoms with Gasteiger partial charge in [-0.2, -0.15) is 0 Å². The van der Waals surface area contributed by atoms with Gasteiger partial charge in [-0.15, -0.1) is 11.3 Å². The summed E-state index contributed by atoms with van der Waals surface area (Å²) in [4.78, 5) is 26.5. The zero-order chi connectivity index (χ0) is 21.5. The van der Waals surface area contributed by atoms with Crippen LogP contribution in [0.2, 0.25) is 10.0 Å². The summed E-state index contributed by atoms with van der Waals surface area (Å²) in [6.07, 6.45) is 3.99. The lowest BCUT2D eigenvalue weighted by atomic mass is 9.94. The van der Waals surface area contributed by atoms with E-state index < -0.39 is 5.97 Å². The van der Waals surface area contributed by atoms with Crippen LogP contribution >= 0.6 is 34.5 Å². The molecule has 8 heteroatoms. The highest BCUT2D eigenvalue weighted by Crippen LogP contribution is 2.41. The van der Waals surface area contributed by atoms with E-state index in [2.05, 4.69) is 10.6 Å². The number of ether oxygens (including phenoxy) is 1. The molecule has 2 aliphatic rings. The Labute approximate surface area is 193 Å². The van der Waals surface area contributed by atoms with E-state index in [0.29, 0.717) is 10.8 Å². The van der Waals surface area contributed by atoms with Crippen LogP contribution in [0.5, 0.6) is 5.75 Å². The molecule has 3 aromatic rings. The molecule has 1 aromatic heterocycles. The predicted molar refractivity (Wildman–Crippen MR) is 123 cm³/mol. The highest BCUT2D eigenvalue weighted by atomic mass is 35.5. The van der Waals surface area contributed by atoms with Gasteiger partial charge in [-0.3, -0.25) is 4.79 Å². The molecule has 1 atom stereocenters. The highest BCUT2D eigenvalue weighted by Gasteiger charge is 2.32. The van der Waals surface area contributed by atoms with Gasteiger partial charge in [-0.05, 0) is 67.1 Å². The summed E-state index contributed by atoms with van der Waals surface area (Å²) in [6, 6.07) is 11.6. The minimum atomic E-state index is -0.563. The van der Waals surface area contributed by atoms with Crippen LogP contribution in [0.1, 0.15) is 55.7 Å². The minimum absolute atomic E-state index is 0.0361. The summed E-state index contributed by atoms with van der Waals surface area (Å²) in [5.41, 5.74) is 3.12. The lowest BCUT2D eigenvalue weighted by Crippen LogP contribution is -2.38. The third-order valence-electron chi connectivity index (χ3n) is 5.52. The third kappa shape index (κ3) is 3.91. The molecule has 1 unspecified atom stereocenters. The quantitative estimate of drug-likeness (QED) is 0.361. The summed E-state index contributed by atoms with van der Waals surface area (Å²) < 4.78 is 5.42. The van der Waals surface area contributed by atoms with Crippen LogP contribution < -0.4 is 15.4 Å². The fourth-order valence-electron chi connectivity index (χ4n) is 3.99. The van der Waals surface area contributed by atoms with Gasteiger partial charge in [0.15, 0.2) is 0 Å². The smallest absolute Gasteiger partial charge is 0.345 e. The molecule has 2 heterocycles. The Morgan fingerprint density at radius 1 is 1.03 bits per heavy atom. The topological polar surface area (TPSA) is 67.4 Å². The Morgan fingerprint density at radius 2 is 1.81 bits per heavy atom. The van der Waals surface area contributed by atoms with E-state index >= 15 is 0 Å². The number of anilines is 1. The second-order valence-corrected chi connectivity index (χ2v) is 9.50. The molecule has 5 rings (SSSR count). The molecule has 1 aliphatic heterocycles. The van der Waals surface area contributed by atoms with Crippen LogP contribution in [0.3, 0.4) is 0 Å². The molecule has 0 bridgehead atoms. The van der Waals surface area contributed by atoms with Gasteiger partial charge in [-0.1, -0.05) is 35.3 Å². The van der Waals surface area contributed by atoms with Gasteiger partial charge < -0.3 is 15.4 Å². The molecule has 1 amide bonds. The standard InChI is InChI=1S/C23H18Cl2N2O3S/c24-13-7-10-15(17(25)11-13)23(29)30-14-8-5-12(6-9-14)20-26-21(28)19-16-3-1-2-4-18(16)31-22(19)27-20/h5-11,20,27H,1-4H2,(H,26,28). The molecule has 1 aliphatic carbocycles. The van der Waals surface area contributed by atoms with E-state index in [0.717, 1.165) is 35.4 Å². The van der Waals surface area contributed by atoms with E-state index in [-0.39, 0.29) is 22.7 Å². The van der Waals surface area contributed by atoms with Crippen LogP contribution in [0.15, 0.2) is 42.5 Å². The lowest BCUT2D eigenvalue weighted by molar-refractivity contribution is 0.0734. The van der Waals surface area contributed by atoms with E-state index in [4.69, 9.17) is 27.9 Å². The van der Waals surface area contributed by atoms with Crippen molar-refractivity contribution in [1.82, 2.24) is 5.32 Å². The predicted octanol–water partition coefficient (Wildman–Crippen LogP) is 6.01. The maximum Gasteiger partial charge on any atom is 0.345 e. The van der Waals surface area contributed by atoms with Gasteiger partial charge in [-0.25, -0.2) is 4.79 Å². The Morgan fingerprint density at radius 3 is 2.58 bits per heavy atom. The molecule has 0 saturated heterocycles. The van der Waals surface area contributed by atoms with Crippen molar-refractivity contribution in [2.45, 2.75) is 31.8 Å². The second-order valence-electron chi connectivity index (χ2n) is 7.55. The molecule has 158 valence electrons. The number of hydrogen-bond acceptors (Lipinski definition) is 5. The van der Waals surface area contributed by atoms with Crippen LogP contribution in [0.25, 0.3) is 0 Å². The minimum Gasteiger partial charge on any atom is -0.423 e. The van der Waals surface area contributed by atoms with E-state index in [9.17, 15) is 9.59 Å². The van der Waals surface area contributed by atoms with Gasteiger partial charge in [0.2, 0.25) is 0 Å². The molecule has 0 radical (unpaired) electrons. The number of carbonyl (C=O) groups excluding carboxylic acids is 2. The normalized spacial score (nSPS) is 17.2. The number of fused-ring (bicyclic) bond motifs is 3. The fraction of sp³-hybridized carbons (Fsp3) is 0.217. The van der Waals surface area contributed by atoms with Crippen molar-refractivity contribution in [3.63, 3.8) is 0 Å². The number of halogens is 2. The average molecular weight is 473 g/mol. The Balaban J connectivity index is 1.32. The van der Waals surface area contributed by atoms with Crippen molar-refractivity contribution in [2.24, 2.45) is 0 Å². The van der Waals surface area contributed by atoms with E-state index in [1.165, 1.54) is 29.0 Å². The summed E-state index contributed by atoms with van der Waals surface area (Å²) in [5.74, 6) is -0.215. The average Bonchev–Trinajstić information content (AvgIpc) is 3.13. The van der Waals surface area contributed by atoms with E-state index in [1.54, 1.807) is 29.5 Å². The van der Waals surface area contributed by atoms with Gasteiger partial charge in [0, 0.05) is 9.90 Å². The van der Waals surface area contributed by atoms with Gasteiger partial charge >= 0.3 is 5.97 Å². The second kappa shape index (κ2) is 8.19. The number of amides is 1. The van der Waals surface area contributed by atoms with Crippen molar-refractivity contribution in [3.8, 4) is 5.75 Å². The largest absolute Gasteiger partial charge is 0.423 e. The number of nitrogens with one attached hydrogen (secondary N) is 2. The highest BCUT2D eigenvalue weighted by molar-refractivity contribution is 7.16. The Hall–Kier alpha value is -2.54. The number of rotatable bonds is 3. The van der Waals surface area contributed by atoms with Crippen LogP contribution in [0, 0.1) is 0 Å². The maximum absolute atomic E-state index is 12.8. The van der Waals surface area contributed by atoms with Gasteiger partial charge in [0.25, 0.3) is 5.91 Å². The number of esters is 1. The number of benzene rings is 2. The SMILES string of the molecule is O=C(Oc1ccc(C2NC(=O)c3c(sc4c3CCCC4)N2)cc1)c1ccc(Cl)cc1Cl. The monoisotopic (exact) mass is 472 g/mol. The molecule has 31 heavy (non-hydrogen) atoms. The molecule has 0 fully saturated rings. The first-order valence-electron chi connectivity index (χ1n) is 9.99. The van der Waals surface area contributed by atoms with Crippen LogP contribution in [0.4, 0.5) is 5.00 Å². The molecule has 0 spiro atoms. The zero-order valence-corrected chi connectivity index (χ0v) is 18.7. The Bertz CT molecular complexity index is 1190. The molecular weight excluding hydrogens is 455 g/mol. The summed E-state index contributed by atoms with van der Waals surface area (Å²) >= 11 is 13.6. The van der Waals surface area contributed by atoms with Crippen molar-refractivity contribution in [2.75, 3.05) is 5.32 Å².